The number of pyridine rings is 1. The van der Waals surface area contributed by atoms with E-state index < -0.39 is 0 Å². The molecule has 1 amide bonds. The fourth-order valence-corrected chi connectivity index (χ4v) is 2.54. The molecule has 0 aliphatic heterocycles. The van der Waals surface area contributed by atoms with E-state index in [0.717, 1.165) is 13.0 Å². The van der Waals surface area contributed by atoms with Crippen molar-refractivity contribution in [3.05, 3.63) is 52.1 Å². The van der Waals surface area contributed by atoms with Gasteiger partial charge in [0.2, 0.25) is 0 Å². The van der Waals surface area contributed by atoms with E-state index >= 15 is 0 Å². The average molecular weight is 367 g/mol. The van der Waals surface area contributed by atoms with Gasteiger partial charge in [0.25, 0.3) is 5.91 Å². The van der Waals surface area contributed by atoms with Gasteiger partial charge in [-0.15, -0.1) is 0 Å². The van der Waals surface area contributed by atoms with E-state index in [-0.39, 0.29) is 5.91 Å². The highest BCUT2D eigenvalue weighted by molar-refractivity contribution is 6.39. The summed E-state index contributed by atoms with van der Waals surface area (Å²) in [6, 6.07) is 8.68. The molecule has 0 fully saturated rings. The zero-order valence-electron chi connectivity index (χ0n) is 13.6. The molecule has 0 atom stereocenters. The number of nitrogens with one attached hydrogen (secondary N) is 2. The van der Waals surface area contributed by atoms with Gasteiger partial charge in [-0.25, -0.2) is 4.98 Å². The van der Waals surface area contributed by atoms with Crippen molar-refractivity contribution >= 4 is 40.6 Å². The largest absolute Gasteiger partial charge is 0.352 e. The van der Waals surface area contributed by atoms with Crippen LogP contribution < -0.4 is 10.6 Å². The highest BCUT2D eigenvalue weighted by Crippen LogP contribution is 2.31. The van der Waals surface area contributed by atoms with E-state index in [1.54, 1.807) is 30.3 Å². The van der Waals surface area contributed by atoms with Crippen molar-refractivity contribution in [1.29, 1.82) is 0 Å². The van der Waals surface area contributed by atoms with Crippen LogP contribution in [0.1, 0.15) is 16.8 Å². The molecule has 0 saturated carbocycles. The molecule has 2 aromatic rings. The maximum Gasteiger partial charge on any atom is 0.252 e. The molecule has 0 unspecified atom stereocenters. The summed E-state index contributed by atoms with van der Waals surface area (Å²) in [5.74, 6) is 0.428. The molecule has 1 aromatic carbocycles. The maximum absolute atomic E-state index is 12.0. The Labute approximate surface area is 152 Å². The number of carbonyl (C=O) groups excluding carboxylic acids is 1. The SMILES string of the molecule is CN(C)CCCNC(=O)c1ccc(Nc2c(Cl)cccc2Cl)nc1. The zero-order chi connectivity index (χ0) is 17.5. The summed E-state index contributed by atoms with van der Waals surface area (Å²) in [6.07, 6.45) is 2.42. The first kappa shape index (κ1) is 18.5. The van der Waals surface area contributed by atoms with E-state index in [9.17, 15) is 4.79 Å². The zero-order valence-corrected chi connectivity index (χ0v) is 15.2. The molecule has 0 saturated heterocycles. The van der Waals surface area contributed by atoms with Gasteiger partial charge >= 0.3 is 0 Å². The van der Waals surface area contributed by atoms with E-state index in [1.165, 1.54) is 6.20 Å². The minimum Gasteiger partial charge on any atom is -0.352 e. The van der Waals surface area contributed by atoms with Crippen molar-refractivity contribution in [1.82, 2.24) is 15.2 Å². The van der Waals surface area contributed by atoms with E-state index in [0.29, 0.717) is 33.7 Å². The predicted molar refractivity (Wildman–Crippen MR) is 99.5 cm³/mol. The van der Waals surface area contributed by atoms with Crippen molar-refractivity contribution in [3.8, 4) is 0 Å². The van der Waals surface area contributed by atoms with Crippen LogP contribution in [0.4, 0.5) is 11.5 Å². The molecule has 0 aliphatic carbocycles. The molecule has 2 N–H and O–H groups in total. The van der Waals surface area contributed by atoms with Gasteiger partial charge in [0.05, 0.1) is 21.3 Å². The summed E-state index contributed by atoms with van der Waals surface area (Å²) >= 11 is 12.2. The van der Waals surface area contributed by atoms with Gasteiger partial charge < -0.3 is 15.5 Å². The first-order chi connectivity index (χ1) is 11.5. The summed E-state index contributed by atoms with van der Waals surface area (Å²) in [4.78, 5) is 18.4. The van der Waals surface area contributed by atoms with Crippen LogP contribution in [0.3, 0.4) is 0 Å². The fraction of sp³-hybridized carbons (Fsp3) is 0.294. The molecular weight excluding hydrogens is 347 g/mol. The average Bonchev–Trinajstić information content (AvgIpc) is 2.55. The molecule has 128 valence electrons. The summed E-state index contributed by atoms with van der Waals surface area (Å²) in [6.45, 7) is 1.56. The Morgan fingerprint density at radius 2 is 1.88 bits per heavy atom. The molecule has 24 heavy (non-hydrogen) atoms. The molecular formula is C17H20Cl2N4O. The summed E-state index contributed by atoms with van der Waals surface area (Å²) in [5.41, 5.74) is 1.10. The molecule has 5 nitrogen and oxygen atoms in total. The third-order valence-corrected chi connectivity index (χ3v) is 3.94. The normalized spacial score (nSPS) is 10.7. The maximum atomic E-state index is 12.0. The first-order valence-corrected chi connectivity index (χ1v) is 8.33. The number of nitrogens with zero attached hydrogens (tertiary/aromatic N) is 2. The molecule has 0 spiro atoms. The van der Waals surface area contributed by atoms with E-state index in [1.807, 2.05) is 14.1 Å². The van der Waals surface area contributed by atoms with Crippen LogP contribution in [-0.4, -0.2) is 43.0 Å². The summed E-state index contributed by atoms with van der Waals surface area (Å²) in [5, 5.41) is 6.95. The number of para-hydroxylation sites is 1. The molecule has 1 heterocycles. The van der Waals surface area contributed by atoms with Crippen molar-refractivity contribution in [2.45, 2.75) is 6.42 Å². The Hall–Kier alpha value is -1.82. The fourth-order valence-electron chi connectivity index (χ4n) is 2.05. The topological polar surface area (TPSA) is 57.3 Å². The lowest BCUT2D eigenvalue weighted by atomic mass is 10.2. The van der Waals surface area contributed by atoms with E-state index in [2.05, 4.69) is 20.5 Å². The molecule has 0 radical (unpaired) electrons. The lowest BCUT2D eigenvalue weighted by molar-refractivity contribution is 0.0952. The number of carbonyl (C=O) groups is 1. The summed E-state index contributed by atoms with van der Waals surface area (Å²) in [7, 11) is 4.01. The van der Waals surface area contributed by atoms with Crippen LogP contribution in [0.15, 0.2) is 36.5 Å². The van der Waals surface area contributed by atoms with Crippen LogP contribution in [0.25, 0.3) is 0 Å². The van der Waals surface area contributed by atoms with Gasteiger partial charge in [0.1, 0.15) is 5.82 Å². The van der Waals surface area contributed by atoms with Crippen LogP contribution in [0.2, 0.25) is 10.0 Å². The van der Waals surface area contributed by atoms with Crippen molar-refractivity contribution in [3.63, 3.8) is 0 Å². The Balaban J connectivity index is 1.94. The molecule has 2 rings (SSSR count). The van der Waals surface area contributed by atoms with Gasteiger partial charge in [0.15, 0.2) is 0 Å². The van der Waals surface area contributed by atoms with Crippen molar-refractivity contribution in [2.24, 2.45) is 0 Å². The third kappa shape index (κ3) is 5.37. The minimum atomic E-state index is -0.136. The van der Waals surface area contributed by atoms with Crippen LogP contribution >= 0.6 is 23.2 Å². The smallest absolute Gasteiger partial charge is 0.252 e. The second kappa shape index (κ2) is 8.87. The highest BCUT2D eigenvalue weighted by atomic mass is 35.5. The molecule has 0 bridgehead atoms. The number of rotatable bonds is 7. The lowest BCUT2D eigenvalue weighted by Gasteiger charge is -2.11. The quantitative estimate of drug-likeness (QED) is 0.731. The molecule has 0 aliphatic rings. The number of anilines is 2. The van der Waals surface area contributed by atoms with Crippen LogP contribution in [-0.2, 0) is 0 Å². The van der Waals surface area contributed by atoms with Crippen molar-refractivity contribution in [2.75, 3.05) is 32.5 Å². The number of aromatic nitrogens is 1. The highest BCUT2D eigenvalue weighted by Gasteiger charge is 2.08. The minimum absolute atomic E-state index is 0.136. The molecule has 1 aromatic heterocycles. The van der Waals surface area contributed by atoms with Gasteiger partial charge in [0, 0.05) is 12.7 Å². The van der Waals surface area contributed by atoms with Crippen molar-refractivity contribution < 1.29 is 4.79 Å². The monoisotopic (exact) mass is 366 g/mol. The standard InChI is InChI=1S/C17H20Cl2N4O/c1-23(2)10-4-9-20-17(24)12-7-8-15(21-11-12)22-16-13(18)5-3-6-14(16)19/h3,5-8,11H,4,9-10H2,1-2H3,(H,20,24)(H,21,22). The lowest BCUT2D eigenvalue weighted by Crippen LogP contribution is -2.27. The van der Waals surface area contributed by atoms with Gasteiger partial charge in [-0.2, -0.15) is 0 Å². The third-order valence-electron chi connectivity index (χ3n) is 3.31. The van der Waals surface area contributed by atoms with Gasteiger partial charge in [-0.1, -0.05) is 29.3 Å². The van der Waals surface area contributed by atoms with Gasteiger partial charge in [-0.3, -0.25) is 4.79 Å². The number of halogens is 2. The van der Waals surface area contributed by atoms with Gasteiger partial charge in [-0.05, 0) is 51.3 Å². The Morgan fingerprint density at radius 1 is 1.17 bits per heavy atom. The number of benzene rings is 1. The Morgan fingerprint density at radius 3 is 2.46 bits per heavy atom. The number of amides is 1. The second-order valence-corrected chi connectivity index (χ2v) is 6.38. The second-order valence-electron chi connectivity index (χ2n) is 5.57. The Kier molecular flexibility index (Phi) is 6.85. The van der Waals surface area contributed by atoms with E-state index in [4.69, 9.17) is 23.2 Å². The summed E-state index contributed by atoms with van der Waals surface area (Å²) < 4.78 is 0. The predicted octanol–water partition coefficient (Wildman–Crippen LogP) is 3.81. The van der Waals surface area contributed by atoms with Crippen LogP contribution in [0.5, 0.6) is 0 Å². The number of hydrogen-bond acceptors (Lipinski definition) is 4. The molecule has 7 heteroatoms. The van der Waals surface area contributed by atoms with Crippen LogP contribution in [0, 0.1) is 0 Å². The first-order valence-electron chi connectivity index (χ1n) is 7.57. The number of hydrogen-bond donors (Lipinski definition) is 2. The Bertz CT molecular complexity index is 669.